The van der Waals surface area contributed by atoms with Crippen LogP contribution in [0.4, 0.5) is 5.95 Å². The number of amides is 2. The lowest BCUT2D eigenvalue weighted by Gasteiger charge is -2.24. The van der Waals surface area contributed by atoms with E-state index in [1.54, 1.807) is 0 Å². The van der Waals surface area contributed by atoms with Crippen LogP contribution in [0.2, 0.25) is 0 Å². The van der Waals surface area contributed by atoms with Crippen LogP contribution < -0.4 is 10.6 Å². The topological polar surface area (TPSA) is 121 Å². The summed E-state index contributed by atoms with van der Waals surface area (Å²) >= 11 is 0. The maximum absolute atomic E-state index is 12.3. The van der Waals surface area contributed by atoms with Gasteiger partial charge in [0.1, 0.15) is 4.90 Å². The van der Waals surface area contributed by atoms with Crippen LogP contribution in [0, 0.1) is 0 Å². The minimum Gasteiger partial charge on any atom is -0.354 e. The van der Waals surface area contributed by atoms with Gasteiger partial charge < -0.3 is 5.32 Å². The third-order valence-electron chi connectivity index (χ3n) is 2.72. The highest BCUT2D eigenvalue weighted by Gasteiger charge is 2.33. The zero-order valence-corrected chi connectivity index (χ0v) is 12.2. The molecular formula is C11H15N5O4S. The normalized spacial score (nSPS) is 16.6. The molecule has 21 heavy (non-hydrogen) atoms. The molecule has 2 heterocycles. The first-order chi connectivity index (χ1) is 9.93. The standard InChI is InChI=1S/C11H15N5O4S/c1-2-3-12-11-13-4-8(5-14-11)21(19,20)16-6-9(17)15-10(18)7-16/h4-5H,2-3,6-7H2,1H3,(H,12,13,14)(H,15,17,18). The Kier molecular flexibility index (Phi) is 4.48. The van der Waals surface area contributed by atoms with Gasteiger partial charge in [-0.3, -0.25) is 14.9 Å². The Hall–Kier alpha value is -2.07. The zero-order chi connectivity index (χ0) is 15.5. The lowest BCUT2D eigenvalue weighted by Crippen LogP contribution is -2.53. The fourth-order valence-electron chi connectivity index (χ4n) is 1.71. The Balaban J connectivity index is 2.19. The smallest absolute Gasteiger partial charge is 0.247 e. The third-order valence-corrected chi connectivity index (χ3v) is 4.46. The predicted molar refractivity (Wildman–Crippen MR) is 72.7 cm³/mol. The van der Waals surface area contributed by atoms with Crippen LogP contribution in [0.3, 0.4) is 0 Å². The van der Waals surface area contributed by atoms with E-state index in [2.05, 4.69) is 15.3 Å². The summed E-state index contributed by atoms with van der Waals surface area (Å²) in [5.41, 5.74) is 0. The lowest BCUT2D eigenvalue weighted by atomic mass is 10.4. The van der Waals surface area contributed by atoms with Crippen molar-refractivity contribution in [3.63, 3.8) is 0 Å². The van der Waals surface area contributed by atoms with E-state index in [1.165, 1.54) is 0 Å². The van der Waals surface area contributed by atoms with E-state index in [4.69, 9.17) is 0 Å². The van der Waals surface area contributed by atoms with Gasteiger partial charge in [0, 0.05) is 6.54 Å². The van der Waals surface area contributed by atoms with Crippen molar-refractivity contribution < 1.29 is 18.0 Å². The molecule has 1 aromatic rings. The molecule has 9 nitrogen and oxygen atoms in total. The van der Waals surface area contributed by atoms with Crippen LogP contribution in [0.1, 0.15) is 13.3 Å². The summed E-state index contributed by atoms with van der Waals surface area (Å²) in [5, 5.41) is 4.96. The number of nitrogens with zero attached hydrogens (tertiary/aromatic N) is 3. The fourth-order valence-corrected chi connectivity index (χ4v) is 2.95. The van der Waals surface area contributed by atoms with E-state index >= 15 is 0 Å². The van der Waals surface area contributed by atoms with Crippen LogP contribution in [0.5, 0.6) is 0 Å². The van der Waals surface area contributed by atoms with Crippen molar-refractivity contribution in [3.05, 3.63) is 12.4 Å². The van der Waals surface area contributed by atoms with E-state index in [-0.39, 0.29) is 4.90 Å². The summed E-state index contributed by atoms with van der Waals surface area (Å²) in [6, 6.07) is 0. The Morgan fingerprint density at radius 3 is 2.33 bits per heavy atom. The first kappa shape index (κ1) is 15.3. The average Bonchev–Trinajstić information content (AvgIpc) is 2.44. The number of carbonyl (C=O) groups excluding carboxylic acids is 2. The molecule has 2 amide bonds. The van der Waals surface area contributed by atoms with Crippen LogP contribution in [-0.4, -0.2) is 54.1 Å². The van der Waals surface area contributed by atoms with Crippen LogP contribution >= 0.6 is 0 Å². The summed E-state index contributed by atoms with van der Waals surface area (Å²) in [5.74, 6) is -0.989. The first-order valence-electron chi connectivity index (χ1n) is 6.32. The molecule has 1 fully saturated rings. The monoisotopic (exact) mass is 313 g/mol. The molecule has 2 N–H and O–H groups in total. The Bertz CT molecular complexity index is 627. The lowest BCUT2D eigenvalue weighted by molar-refractivity contribution is -0.134. The average molecular weight is 313 g/mol. The van der Waals surface area contributed by atoms with Crippen molar-refractivity contribution >= 4 is 27.8 Å². The van der Waals surface area contributed by atoms with Crippen LogP contribution in [0.15, 0.2) is 17.3 Å². The Labute approximate surface area is 121 Å². The highest BCUT2D eigenvalue weighted by Crippen LogP contribution is 2.15. The molecule has 0 saturated carbocycles. The van der Waals surface area contributed by atoms with Gasteiger partial charge in [0.2, 0.25) is 27.8 Å². The van der Waals surface area contributed by atoms with Gasteiger partial charge in [0.25, 0.3) is 0 Å². The molecule has 0 aromatic carbocycles. The molecule has 0 spiro atoms. The molecule has 1 aliphatic heterocycles. The van der Waals surface area contributed by atoms with Gasteiger partial charge >= 0.3 is 0 Å². The van der Waals surface area contributed by atoms with E-state index in [0.29, 0.717) is 12.5 Å². The van der Waals surface area contributed by atoms with Gasteiger partial charge in [0.05, 0.1) is 25.5 Å². The van der Waals surface area contributed by atoms with Gasteiger partial charge in [-0.05, 0) is 6.42 Å². The Morgan fingerprint density at radius 2 is 1.81 bits per heavy atom. The molecule has 0 unspecified atom stereocenters. The van der Waals surface area contributed by atoms with Gasteiger partial charge in [-0.25, -0.2) is 18.4 Å². The Morgan fingerprint density at radius 1 is 1.24 bits per heavy atom. The number of rotatable bonds is 5. The first-order valence-corrected chi connectivity index (χ1v) is 7.76. The minimum atomic E-state index is -3.97. The van der Waals surface area contributed by atoms with Crippen LogP contribution in [-0.2, 0) is 19.6 Å². The number of imide groups is 1. The van der Waals surface area contributed by atoms with Crippen molar-refractivity contribution in [3.8, 4) is 0 Å². The van der Waals surface area contributed by atoms with Gasteiger partial charge in [0.15, 0.2) is 0 Å². The molecule has 1 saturated heterocycles. The number of aromatic nitrogens is 2. The number of carbonyl (C=O) groups is 2. The van der Waals surface area contributed by atoms with E-state index < -0.39 is 34.9 Å². The molecule has 1 aliphatic rings. The number of nitrogens with one attached hydrogen (secondary N) is 2. The summed E-state index contributed by atoms with van der Waals surface area (Å²) in [6.45, 7) is 1.85. The fraction of sp³-hybridized carbons (Fsp3) is 0.455. The molecule has 1 aromatic heterocycles. The molecule has 2 rings (SSSR count). The summed E-state index contributed by atoms with van der Waals surface area (Å²) in [6.07, 6.45) is 3.18. The van der Waals surface area contributed by atoms with Crippen molar-refractivity contribution in [1.82, 2.24) is 19.6 Å². The third kappa shape index (κ3) is 3.52. The summed E-state index contributed by atoms with van der Waals surface area (Å²) < 4.78 is 25.4. The SMILES string of the molecule is CCCNc1ncc(S(=O)(=O)N2CC(=O)NC(=O)C2)cn1. The van der Waals surface area contributed by atoms with Crippen LogP contribution in [0.25, 0.3) is 0 Å². The van der Waals surface area contributed by atoms with Gasteiger partial charge in [-0.1, -0.05) is 6.92 Å². The largest absolute Gasteiger partial charge is 0.354 e. The quantitative estimate of drug-likeness (QED) is 0.665. The molecule has 10 heteroatoms. The van der Waals surface area contributed by atoms with Crippen molar-refractivity contribution in [2.75, 3.05) is 25.0 Å². The second-order valence-corrected chi connectivity index (χ2v) is 6.35. The van der Waals surface area contributed by atoms with E-state index in [0.717, 1.165) is 23.1 Å². The van der Waals surface area contributed by atoms with E-state index in [9.17, 15) is 18.0 Å². The molecule has 0 atom stereocenters. The van der Waals surface area contributed by atoms with Crippen molar-refractivity contribution in [2.45, 2.75) is 18.2 Å². The molecule has 0 radical (unpaired) electrons. The maximum atomic E-state index is 12.3. The second-order valence-electron chi connectivity index (χ2n) is 4.41. The van der Waals surface area contributed by atoms with E-state index in [1.807, 2.05) is 12.2 Å². The predicted octanol–water partition coefficient (Wildman–Crippen LogP) is -1.05. The highest BCUT2D eigenvalue weighted by molar-refractivity contribution is 7.89. The van der Waals surface area contributed by atoms with Crippen molar-refractivity contribution in [1.29, 1.82) is 0 Å². The maximum Gasteiger partial charge on any atom is 0.247 e. The molecule has 114 valence electrons. The molecule has 0 bridgehead atoms. The number of piperazine rings is 1. The van der Waals surface area contributed by atoms with Gasteiger partial charge in [-0.2, -0.15) is 4.31 Å². The van der Waals surface area contributed by atoms with Crippen molar-refractivity contribution in [2.24, 2.45) is 0 Å². The minimum absolute atomic E-state index is 0.160. The summed E-state index contributed by atoms with van der Waals surface area (Å²) in [4.78, 5) is 30.2. The number of sulfonamides is 1. The summed E-state index contributed by atoms with van der Waals surface area (Å²) in [7, 11) is -3.97. The number of anilines is 1. The highest BCUT2D eigenvalue weighted by atomic mass is 32.2. The molecular weight excluding hydrogens is 298 g/mol. The van der Waals surface area contributed by atoms with Gasteiger partial charge in [-0.15, -0.1) is 0 Å². The molecule has 0 aliphatic carbocycles. The second kappa shape index (κ2) is 6.14. The zero-order valence-electron chi connectivity index (χ0n) is 11.4. The number of hydrogen-bond acceptors (Lipinski definition) is 7. The number of hydrogen-bond donors (Lipinski definition) is 2.